The number of nitrogens with two attached hydrogens (primary N) is 1. The van der Waals surface area contributed by atoms with E-state index in [1.807, 2.05) is 37.3 Å². The molecule has 3 nitrogen and oxygen atoms in total. The second-order valence-corrected chi connectivity index (χ2v) is 4.62. The van der Waals surface area contributed by atoms with Gasteiger partial charge >= 0.3 is 0 Å². The summed E-state index contributed by atoms with van der Waals surface area (Å²) in [6.07, 6.45) is 0. The Kier molecular flexibility index (Phi) is 3.85. The Labute approximate surface area is 113 Å². The van der Waals surface area contributed by atoms with E-state index in [1.54, 1.807) is 6.07 Å². The zero-order valence-corrected chi connectivity index (χ0v) is 11.2. The van der Waals surface area contributed by atoms with Crippen molar-refractivity contribution >= 4 is 11.6 Å². The molecule has 19 heavy (non-hydrogen) atoms. The van der Waals surface area contributed by atoms with Gasteiger partial charge in [-0.1, -0.05) is 36.4 Å². The Balaban J connectivity index is 2.25. The number of hydrogen-bond donors (Lipinski definition) is 2. The van der Waals surface area contributed by atoms with E-state index in [0.717, 1.165) is 11.3 Å². The summed E-state index contributed by atoms with van der Waals surface area (Å²) in [6, 6.07) is 15.9. The fourth-order valence-corrected chi connectivity index (χ4v) is 2.12. The summed E-state index contributed by atoms with van der Waals surface area (Å²) in [7, 11) is 0. The lowest BCUT2D eigenvalue weighted by Gasteiger charge is -2.18. The number of anilines is 1. The molecule has 3 N–H and O–H groups in total. The van der Waals surface area contributed by atoms with Gasteiger partial charge in [-0.3, -0.25) is 4.79 Å². The van der Waals surface area contributed by atoms with Gasteiger partial charge in [-0.15, -0.1) is 0 Å². The molecule has 0 spiro atoms. The van der Waals surface area contributed by atoms with Crippen molar-refractivity contribution in [3.05, 3.63) is 65.2 Å². The van der Waals surface area contributed by atoms with Gasteiger partial charge in [-0.05, 0) is 37.1 Å². The average Bonchev–Trinajstić information content (AvgIpc) is 2.41. The molecule has 3 heteroatoms. The maximum Gasteiger partial charge on any atom is 0.249 e. The Morgan fingerprint density at radius 3 is 2.42 bits per heavy atom. The van der Waals surface area contributed by atoms with Gasteiger partial charge < -0.3 is 11.1 Å². The maximum atomic E-state index is 11.3. The molecule has 0 aromatic heterocycles. The summed E-state index contributed by atoms with van der Waals surface area (Å²) in [6.45, 7) is 3.99. The largest absolute Gasteiger partial charge is 0.378 e. The number of benzene rings is 2. The van der Waals surface area contributed by atoms with Crippen LogP contribution < -0.4 is 11.1 Å². The molecule has 2 rings (SSSR count). The third-order valence-electron chi connectivity index (χ3n) is 3.27. The van der Waals surface area contributed by atoms with E-state index in [1.165, 1.54) is 5.56 Å². The molecular formula is C16H18N2O. The number of rotatable bonds is 4. The fraction of sp³-hybridized carbons (Fsp3) is 0.188. The summed E-state index contributed by atoms with van der Waals surface area (Å²) in [5.41, 5.74) is 8.94. The van der Waals surface area contributed by atoms with Crippen LogP contribution in [-0.2, 0) is 0 Å². The van der Waals surface area contributed by atoms with Crippen LogP contribution in [0.4, 0.5) is 5.69 Å². The minimum atomic E-state index is -0.395. The number of carbonyl (C=O) groups is 1. The summed E-state index contributed by atoms with van der Waals surface area (Å²) in [5.74, 6) is -0.395. The fourth-order valence-electron chi connectivity index (χ4n) is 2.12. The van der Waals surface area contributed by atoms with Crippen LogP contribution in [0.3, 0.4) is 0 Å². The van der Waals surface area contributed by atoms with Gasteiger partial charge in [0.1, 0.15) is 0 Å². The van der Waals surface area contributed by atoms with Gasteiger partial charge in [-0.2, -0.15) is 0 Å². The molecule has 2 aromatic rings. The molecule has 2 aromatic carbocycles. The second-order valence-electron chi connectivity index (χ2n) is 4.62. The Morgan fingerprint density at radius 2 is 1.79 bits per heavy atom. The van der Waals surface area contributed by atoms with Crippen molar-refractivity contribution in [1.82, 2.24) is 0 Å². The van der Waals surface area contributed by atoms with E-state index < -0.39 is 5.91 Å². The predicted octanol–water partition coefficient (Wildman–Crippen LogP) is 3.27. The average molecular weight is 254 g/mol. The SMILES string of the molecule is Cc1c(NC(C)c2ccccc2)cccc1C(N)=O. The highest BCUT2D eigenvalue weighted by molar-refractivity contribution is 5.95. The lowest BCUT2D eigenvalue weighted by Crippen LogP contribution is -2.14. The minimum absolute atomic E-state index is 0.169. The summed E-state index contributed by atoms with van der Waals surface area (Å²) in [5, 5.41) is 3.41. The lowest BCUT2D eigenvalue weighted by atomic mass is 10.0. The van der Waals surface area contributed by atoms with Crippen LogP contribution in [0.15, 0.2) is 48.5 Å². The first-order valence-corrected chi connectivity index (χ1v) is 6.30. The van der Waals surface area contributed by atoms with Crippen LogP contribution in [0, 0.1) is 6.92 Å². The van der Waals surface area contributed by atoms with Crippen LogP contribution in [0.25, 0.3) is 0 Å². The molecule has 0 aliphatic heterocycles. The molecule has 0 saturated heterocycles. The summed E-state index contributed by atoms with van der Waals surface area (Å²) < 4.78 is 0. The molecule has 0 saturated carbocycles. The molecule has 1 unspecified atom stereocenters. The van der Waals surface area contributed by atoms with Crippen LogP contribution in [0.5, 0.6) is 0 Å². The molecule has 1 amide bonds. The molecule has 98 valence electrons. The van der Waals surface area contributed by atoms with E-state index in [0.29, 0.717) is 5.56 Å². The Bertz CT molecular complexity index is 579. The van der Waals surface area contributed by atoms with Gasteiger partial charge in [0.2, 0.25) is 5.91 Å². The van der Waals surface area contributed by atoms with Crippen molar-refractivity contribution in [2.45, 2.75) is 19.9 Å². The number of hydrogen-bond acceptors (Lipinski definition) is 2. The minimum Gasteiger partial charge on any atom is -0.378 e. The van der Waals surface area contributed by atoms with Crippen LogP contribution >= 0.6 is 0 Å². The number of primary amides is 1. The van der Waals surface area contributed by atoms with Gasteiger partial charge in [0.15, 0.2) is 0 Å². The van der Waals surface area contributed by atoms with Gasteiger partial charge in [0, 0.05) is 17.3 Å². The van der Waals surface area contributed by atoms with Crippen LogP contribution in [0.1, 0.15) is 34.5 Å². The topological polar surface area (TPSA) is 55.1 Å². The third-order valence-corrected chi connectivity index (χ3v) is 3.27. The molecule has 0 heterocycles. The van der Waals surface area contributed by atoms with Gasteiger partial charge in [0.05, 0.1) is 0 Å². The first-order chi connectivity index (χ1) is 9.09. The summed E-state index contributed by atoms with van der Waals surface area (Å²) >= 11 is 0. The first kappa shape index (κ1) is 13.1. The van der Waals surface area contributed by atoms with Crippen LogP contribution in [0.2, 0.25) is 0 Å². The predicted molar refractivity (Wildman–Crippen MR) is 78.2 cm³/mol. The van der Waals surface area contributed by atoms with E-state index in [4.69, 9.17) is 5.73 Å². The lowest BCUT2D eigenvalue weighted by molar-refractivity contribution is 0.1000. The smallest absolute Gasteiger partial charge is 0.249 e. The van der Waals surface area contributed by atoms with Gasteiger partial charge in [-0.25, -0.2) is 0 Å². The van der Waals surface area contributed by atoms with Crippen molar-refractivity contribution in [2.75, 3.05) is 5.32 Å². The summed E-state index contributed by atoms with van der Waals surface area (Å²) in [4.78, 5) is 11.3. The van der Waals surface area contributed by atoms with Gasteiger partial charge in [0.25, 0.3) is 0 Å². The molecule has 0 radical (unpaired) electrons. The van der Waals surface area contributed by atoms with E-state index in [9.17, 15) is 4.79 Å². The molecule has 1 atom stereocenters. The second kappa shape index (κ2) is 5.57. The highest BCUT2D eigenvalue weighted by Crippen LogP contribution is 2.24. The number of amides is 1. The molecular weight excluding hydrogens is 236 g/mol. The molecule has 0 aliphatic carbocycles. The Hall–Kier alpha value is -2.29. The Morgan fingerprint density at radius 1 is 1.11 bits per heavy atom. The van der Waals surface area contributed by atoms with Crippen molar-refractivity contribution in [1.29, 1.82) is 0 Å². The highest BCUT2D eigenvalue weighted by atomic mass is 16.1. The number of carbonyl (C=O) groups excluding carboxylic acids is 1. The molecule has 0 fully saturated rings. The standard InChI is InChI=1S/C16H18N2O/c1-11-14(16(17)19)9-6-10-15(11)18-12(2)13-7-4-3-5-8-13/h3-10,12,18H,1-2H3,(H2,17,19). The number of nitrogens with one attached hydrogen (secondary N) is 1. The normalized spacial score (nSPS) is 11.9. The zero-order valence-electron chi connectivity index (χ0n) is 11.2. The van der Waals surface area contributed by atoms with Crippen molar-refractivity contribution in [3.8, 4) is 0 Å². The maximum absolute atomic E-state index is 11.3. The van der Waals surface area contributed by atoms with Crippen molar-refractivity contribution in [3.63, 3.8) is 0 Å². The molecule has 0 bridgehead atoms. The van der Waals surface area contributed by atoms with E-state index in [-0.39, 0.29) is 6.04 Å². The van der Waals surface area contributed by atoms with Crippen molar-refractivity contribution < 1.29 is 4.79 Å². The highest BCUT2D eigenvalue weighted by Gasteiger charge is 2.11. The van der Waals surface area contributed by atoms with E-state index in [2.05, 4.69) is 24.4 Å². The zero-order chi connectivity index (χ0) is 13.8. The van der Waals surface area contributed by atoms with Crippen LogP contribution in [-0.4, -0.2) is 5.91 Å². The third kappa shape index (κ3) is 2.94. The van der Waals surface area contributed by atoms with E-state index >= 15 is 0 Å². The first-order valence-electron chi connectivity index (χ1n) is 6.30. The van der Waals surface area contributed by atoms with Crippen molar-refractivity contribution in [2.24, 2.45) is 5.73 Å². The monoisotopic (exact) mass is 254 g/mol. The molecule has 0 aliphatic rings. The quantitative estimate of drug-likeness (QED) is 0.879.